The largest absolute Gasteiger partial charge is 0.494 e. The molecule has 6 nitrogen and oxygen atoms in total. The van der Waals surface area contributed by atoms with Crippen LogP contribution in [0.25, 0.3) is 10.9 Å². The average Bonchev–Trinajstić information content (AvgIpc) is 3.06. The normalized spacial score (nSPS) is 15.3. The lowest BCUT2D eigenvalue weighted by molar-refractivity contribution is 0.0378. The van der Waals surface area contributed by atoms with Crippen molar-refractivity contribution in [2.45, 2.75) is 13.3 Å². The van der Waals surface area contributed by atoms with Crippen molar-refractivity contribution in [2.75, 3.05) is 44.7 Å². The number of aliphatic imine (C=N–C) groups is 1. The van der Waals surface area contributed by atoms with Gasteiger partial charge in [-0.3, -0.25) is 9.89 Å². The van der Waals surface area contributed by atoms with Gasteiger partial charge in [0, 0.05) is 42.4 Å². The highest BCUT2D eigenvalue weighted by atomic mass is 19.1. The molecule has 1 aromatic heterocycles. The van der Waals surface area contributed by atoms with E-state index in [1.54, 1.807) is 12.3 Å². The number of nitrogens with one attached hydrogen (secondary N) is 2. The van der Waals surface area contributed by atoms with Crippen LogP contribution in [-0.2, 0) is 4.74 Å². The molecule has 158 valence electrons. The van der Waals surface area contributed by atoms with Gasteiger partial charge in [-0.15, -0.1) is 0 Å². The second-order valence-electron chi connectivity index (χ2n) is 7.57. The molecule has 4 rings (SSSR count). The van der Waals surface area contributed by atoms with Gasteiger partial charge in [0.1, 0.15) is 5.82 Å². The van der Waals surface area contributed by atoms with Gasteiger partial charge in [-0.05, 0) is 61.9 Å². The molecule has 0 radical (unpaired) electrons. The molecule has 0 atom stereocenters. The van der Waals surface area contributed by atoms with Crippen molar-refractivity contribution in [3.05, 3.63) is 53.3 Å². The number of fused-ring (bicyclic) bond motifs is 1. The first-order valence-corrected chi connectivity index (χ1v) is 10.3. The Morgan fingerprint density at radius 2 is 2.07 bits per heavy atom. The number of rotatable bonds is 7. The molecular formula is C23H27FN4O2. The van der Waals surface area contributed by atoms with Crippen LogP contribution in [0.1, 0.15) is 17.5 Å². The Hall–Kier alpha value is -2.90. The number of nitrogens with zero attached hydrogens (tertiary/aromatic N) is 2. The van der Waals surface area contributed by atoms with Crippen LogP contribution >= 0.6 is 0 Å². The zero-order valence-electron chi connectivity index (χ0n) is 17.1. The van der Waals surface area contributed by atoms with E-state index in [0.29, 0.717) is 16.5 Å². The van der Waals surface area contributed by atoms with Crippen LogP contribution in [-0.4, -0.2) is 60.6 Å². The molecule has 1 fully saturated rings. The Kier molecular flexibility index (Phi) is 6.30. The predicted octanol–water partition coefficient (Wildman–Crippen LogP) is 4.21. The number of aryl methyl sites for hydroxylation is 1. The highest BCUT2D eigenvalue weighted by molar-refractivity contribution is 6.02. The average molecular weight is 410 g/mol. The fourth-order valence-corrected chi connectivity index (χ4v) is 3.72. The standard InChI is InChI=1S/C23H27FN4O2/c1-16-13-18(4-6-21(16)25-7-2-8-28-9-11-30-12-10-28)26-15-20-19-14-17(24)3-5-22(19)27-23(20)29/h3-6,13-15,25,27,29H,2,7-12H2,1H3. The van der Waals surface area contributed by atoms with E-state index < -0.39 is 0 Å². The van der Waals surface area contributed by atoms with Gasteiger partial charge >= 0.3 is 0 Å². The van der Waals surface area contributed by atoms with Crippen molar-refractivity contribution in [3.63, 3.8) is 0 Å². The fraction of sp³-hybridized carbons (Fsp3) is 0.348. The number of hydrogen-bond acceptors (Lipinski definition) is 5. The highest BCUT2D eigenvalue weighted by Crippen LogP contribution is 2.28. The molecule has 2 aromatic carbocycles. The number of morpholine rings is 1. The topological polar surface area (TPSA) is 72.9 Å². The highest BCUT2D eigenvalue weighted by Gasteiger charge is 2.11. The number of aromatic hydroxyl groups is 1. The maximum Gasteiger partial charge on any atom is 0.198 e. The summed E-state index contributed by atoms with van der Waals surface area (Å²) in [5, 5.41) is 14.2. The lowest BCUT2D eigenvalue weighted by Gasteiger charge is -2.26. The number of anilines is 1. The second-order valence-corrected chi connectivity index (χ2v) is 7.57. The third kappa shape index (κ3) is 4.80. The van der Waals surface area contributed by atoms with E-state index in [9.17, 15) is 9.50 Å². The van der Waals surface area contributed by atoms with E-state index in [2.05, 4.69) is 20.2 Å². The first-order chi connectivity index (χ1) is 14.6. The first kappa shape index (κ1) is 20.4. The molecule has 0 amide bonds. The monoisotopic (exact) mass is 410 g/mol. The van der Waals surface area contributed by atoms with E-state index in [4.69, 9.17) is 4.74 Å². The van der Waals surface area contributed by atoms with Gasteiger partial charge < -0.3 is 20.1 Å². The molecular weight excluding hydrogens is 383 g/mol. The number of ether oxygens (including phenoxy) is 1. The molecule has 0 spiro atoms. The van der Waals surface area contributed by atoms with Crippen molar-refractivity contribution in [3.8, 4) is 5.88 Å². The van der Waals surface area contributed by atoms with Crippen molar-refractivity contribution >= 4 is 28.5 Å². The summed E-state index contributed by atoms with van der Waals surface area (Å²) in [6.07, 6.45) is 2.65. The SMILES string of the molecule is Cc1cc(N=Cc2c(O)[nH]c3ccc(F)cc23)ccc1NCCCN1CCOCC1. The Bertz CT molecular complexity index is 1040. The summed E-state index contributed by atoms with van der Waals surface area (Å²) >= 11 is 0. The molecule has 7 heteroatoms. The van der Waals surface area contributed by atoms with E-state index in [0.717, 1.165) is 62.8 Å². The first-order valence-electron chi connectivity index (χ1n) is 10.3. The number of H-pyrrole nitrogens is 1. The minimum absolute atomic E-state index is 0.0189. The van der Waals surface area contributed by atoms with Crippen molar-refractivity contribution < 1.29 is 14.2 Å². The van der Waals surface area contributed by atoms with E-state index >= 15 is 0 Å². The number of aromatic amines is 1. The quantitative estimate of drug-likeness (QED) is 0.403. The smallest absolute Gasteiger partial charge is 0.198 e. The minimum Gasteiger partial charge on any atom is -0.494 e. The molecule has 3 aromatic rings. The van der Waals surface area contributed by atoms with Crippen LogP contribution in [0.5, 0.6) is 5.88 Å². The zero-order chi connectivity index (χ0) is 20.9. The molecule has 0 unspecified atom stereocenters. The molecule has 1 aliphatic heterocycles. The van der Waals surface area contributed by atoms with Gasteiger partial charge in [-0.2, -0.15) is 0 Å². The summed E-state index contributed by atoms with van der Waals surface area (Å²) in [6, 6.07) is 10.3. The van der Waals surface area contributed by atoms with Gasteiger partial charge in [0.25, 0.3) is 0 Å². The van der Waals surface area contributed by atoms with Crippen LogP contribution in [0.2, 0.25) is 0 Å². The Morgan fingerprint density at radius 3 is 2.87 bits per heavy atom. The number of benzene rings is 2. The molecule has 30 heavy (non-hydrogen) atoms. The van der Waals surface area contributed by atoms with E-state index in [1.165, 1.54) is 12.1 Å². The second kappa shape index (κ2) is 9.28. The van der Waals surface area contributed by atoms with Gasteiger partial charge in [0.05, 0.1) is 24.5 Å². The molecule has 3 N–H and O–H groups in total. The molecule has 0 aliphatic carbocycles. The Morgan fingerprint density at radius 1 is 1.23 bits per heavy atom. The van der Waals surface area contributed by atoms with Crippen LogP contribution in [0, 0.1) is 12.7 Å². The van der Waals surface area contributed by atoms with Gasteiger partial charge in [-0.1, -0.05) is 0 Å². The molecule has 2 heterocycles. The summed E-state index contributed by atoms with van der Waals surface area (Å²) in [7, 11) is 0. The summed E-state index contributed by atoms with van der Waals surface area (Å²) in [5.41, 5.74) is 4.12. The number of aromatic nitrogens is 1. The Balaban J connectivity index is 1.37. The predicted molar refractivity (Wildman–Crippen MR) is 119 cm³/mol. The van der Waals surface area contributed by atoms with Crippen molar-refractivity contribution in [2.24, 2.45) is 4.99 Å². The van der Waals surface area contributed by atoms with Crippen LogP contribution in [0.3, 0.4) is 0 Å². The molecule has 0 saturated carbocycles. The third-order valence-electron chi connectivity index (χ3n) is 5.40. The van der Waals surface area contributed by atoms with Crippen LogP contribution < -0.4 is 5.32 Å². The number of hydrogen-bond donors (Lipinski definition) is 3. The fourth-order valence-electron chi connectivity index (χ4n) is 3.72. The maximum atomic E-state index is 13.6. The van der Waals surface area contributed by atoms with E-state index in [1.807, 2.05) is 25.1 Å². The van der Waals surface area contributed by atoms with Crippen molar-refractivity contribution in [1.82, 2.24) is 9.88 Å². The van der Waals surface area contributed by atoms with Crippen LogP contribution in [0.4, 0.5) is 15.8 Å². The summed E-state index contributed by atoms with van der Waals surface area (Å²) in [4.78, 5) is 9.75. The third-order valence-corrected chi connectivity index (χ3v) is 5.40. The maximum absolute atomic E-state index is 13.6. The number of halogens is 1. The summed E-state index contributed by atoms with van der Waals surface area (Å²) in [6.45, 7) is 7.73. The van der Waals surface area contributed by atoms with Crippen LogP contribution in [0.15, 0.2) is 41.4 Å². The lowest BCUT2D eigenvalue weighted by Crippen LogP contribution is -2.37. The molecule has 1 saturated heterocycles. The summed E-state index contributed by atoms with van der Waals surface area (Å²) < 4.78 is 18.9. The molecule has 1 aliphatic rings. The zero-order valence-corrected chi connectivity index (χ0v) is 17.1. The van der Waals surface area contributed by atoms with Gasteiger partial charge in [-0.25, -0.2) is 4.39 Å². The minimum atomic E-state index is -0.351. The summed E-state index contributed by atoms with van der Waals surface area (Å²) in [5.74, 6) is -0.370. The Labute approximate surface area is 175 Å². The van der Waals surface area contributed by atoms with Gasteiger partial charge in [0.15, 0.2) is 5.88 Å². The van der Waals surface area contributed by atoms with Gasteiger partial charge in [0.2, 0.25) is 0 Å². The van der Waals surface area contributed by atoms with E-state index in [-0.39, 0.29) is 11.7 Å². The van der Waals surface area contributed by atoms with Crippen molar-refractivity contribution in [1.29, 1.82) is 0 Å². The molecule has 0 bridgehead atoms. The lowest BCUT2D eigenvalue weighted by atomic mass is 10.1.